The number of aromatic hydroxyl groups is 1. The van der Waals surface area contributed by atoms with Crippen molar-refractivity contribution >= 4 is 28.7 Å². The summed E-state index contributed by atoms with van der Waals surface area (Å²) in [6, 6.07) is 8.21. The molecule has 0 atom stereocenters. The molecular weight excluding hydrogens is 430 g/mol. The molecule has 0 spiro atoms. The van der Waals surface area contributed by atoms with Crippen molar-refractivity contribution in [2.45, 2.75) is 6.92 Å². The minimum absolute atomic E-state index is 0.0000389. The molecule has 10 nitrogen and oxygen atoms in total. The van der Waals surface area contributed by atoms with Crippen LogP contribution in [0.1, 0.15) is 17.3 Å². The molecule has 3 aromatic heterocycles. The van der Waals surface area contributed by atoms with Gasteiger partial charge in [-0.25, -0.2) is 9.59 Å². The average molecular weight is 447 g/mol. The van der Waals surface area contributed by atoms with Gasteiger partial charge in [0.15, 0.2) is 5.43 Å². The molecule has 10 heteroatoms. The summed E-state index contributed by atoms with van der Waals surface area (Å²) in [5.41, 5.74) is 0.0307. The number of benzene rings is 1. The van der Waals surface area contributed by atoms with Crippen molar-refractivity contribution in [2.24, 2.45) is 0 Å². The fourth-order valence-electron chi connectivity index (χ4n) is 3.07. The Labute approximate surface area is 186 Å². The molecule has 4 rings (SSSR count). The normalized spacial score (nSPS) is 10.6. The van der Waals surface area contributed by atoms with Crippen LogP contribution in [0.3, 0.4) is 0 Å². The highest BCUT2D eigenvalue weighted by atomic mass is 16.5. The zero-order valence-corrected chi connectivity index (χ0v) is 17.3. The highest BCUT2D eigenvalue weighted by Gasteiger charge is 2.21. The Balaban J connectivity index is 1.80. The molecule has 1 aromatic carbocycles. The third-order valence-electron chi connectivity index (χ3n) is 4.49. The number of phenols is 1. The molecule has 0 aliphatic rings. The van der Waals surface area contributed by atoms with Crippen molar-refractivity contribution in [3.63, 3.8) is 0 Å². The number of aromatic nitrogens is 2. The SMILES string of the molecule is CCOC(=O)Nc1cc(OC(=O)c2cccnc2)cc(O)c1-c1cc(=O)c2cnccc2o1. The second-order valence-electron chi connectivity index (χ2n) is 6.69. The van der Waals surface area contributed by atoms with E-state index in [9.17, 15) is 19.5 Å². The first-order valence-electron chi connectivity index (χ1n) is 9.77. The molecule has 0 saturated carbocycles. The number of esters is 1. The predicted molar refractivity (Wildman–Crippen MR) is 117 cm³/mol. The number of pyridine rings is 2. The van der Waals surface area contributed by atoms with E-state index < -0.39 is 23.2 Å². The van der Waals surface area contributed by atoms with E-state index in [1.807, 2.05) is 0 Å². The summed E-state index contributed by atoms with van der Waals surface area (Å²) in [7, 11) is 0. The van der Waals surface area contributed by atoms with Gasteiger partial charge in [-0.3, -0.25) is 20.1 Å². The Bertz CT molecular complexity index is 1400. The predicted octanol–water partition coefficient (Wildman–Crippen LogP) is 3.74. The van der Waals surface area contributed by atoms with E-state index in [-0.39, 0.29) is 45.9 Å². The van der Waals surface area contributed by atoms with Crippen LogP contribution in [0.15, 0.2) is 70.4 Å². The van der Waals surface area contributed by atoms with E-state index in [0.29, 0.717) is 0 Å². The molecule has 0 saturated heterocycles. The fourth-order valence-corrected chi connectivity index (χ4v) is 3.07. The van der Waals surface area contributed by atoms with Crippen molar-refractivity contribution in [1.29, 1.82) is 0 Å². The van der Waals surface area contributed by atoms with Gasteiger partial charge in [-0.05, 0) is 25.1 Å². The van der Waals surface area contributed by atoms with E-state index in [2.05, 4.69) is 15.3 Å². The van der Waals surface area contributed by atoms with Gasteiger partial charge in [0, 0.05) is 43.0 Å². The van der Waals surface area contributed by atoms with Crippen LogP contribution in [-0.2, 0) is 4.74 Å². The zero-order chi connectivity index (χ0) is 23.4. The smallest absolute Gasteiger partial charge is 0.411 e. The molecule has 3 heterocycles. The number of anilines is 1. The summed E-state index contributed by atoms with van der Waals surface area (Å²) >= 11 is 0. The van der Waals surface area contributed by atoms with Gasteiger partial charge in [-0.15, -0.1) is 0 Å². The minimum Gasteiger partial charge on any atom is -0.507 e. The molecule has 0 aliphatic heterocycles. The summed E-state index contributed by atoms with van der Waals surface area (Å²) in [4.78, 5) is 44.8. The lowest BCUT2D eigenvalue weighted by atomic mass is 10.1. The minimum atomic E-state index is -0.818. The number of amides is 1. The maximum atomic E-state index is 12.5. The van der Waals surface area contributed by atoms with Gasteiger partial charge in [-0.2, -0.15) is 0 Å². The molecule has 2 N–H and O–H groups in total. The highest BCUT2D eigenvalue weighted by Crippen LogP contribution is 2.40. The first-order chi connectivity index (χ1) is 16.0. The van der Waals surface area contributed by atoms with Crippen LogP contribution < -0.4 is 15.5 Å². The number of carbonyl (C=O) groups is 2. The number of fused-ring (bicyclic) bond motifs is 1. The molecule has 4 aromatic rings. The Morgan fingerprint density at radius 1 is 1.12 bits per heavy atom. The Hall–Kier alpha value is -4.73. The largest absolute Gasteiger partial charge is 0.507 e. The van der Waals surface area contributed by atoms with Crippen molar-refractivity contribution in [3.05, 3.63) is 77.0 Å². The molecule has 33 heavy (non-hydrogen) atoms. The summed E-state index contributed by atoms with van der Waals surface area (Å²) in [6.45, 7) is 1.72. The number of carbonyl (C=O) groups excluding carboxylic acids is 2. The Kier molecular flexibility index (Phi) is 5.98. The molecule has 166 valence electrons. The molecule has 0 aliphatic carbocycles. The van der Waals surface area contributed by atoms with Crippen LogP contribution in [0, 0.1) is 0 Å². The monoisotopic (exact) mass is 447 g/mol. The highest BCUT2D eigenvalue weighted by molar-refractivity contribution is 5.95. The van der Waals surface area contributed by atoms with E-state index in [4.69, 9.17) is 13.9 Å². The van der Waals surface area contributed by atoms with E-state index in [0.717, 1.165) is 12.1 Å². The van der Waals surface area contributed by atoms with Crippen molar-refractivity contribution < 1.29 is 28.6 Å². The third-order valence-corrected chi connectivity index (χ3v) is 4.49. The molecule has 0 radical (unpaired) electrons. The van der Waals surface area contributed by atoms with Gasteiger partial charge in [-0.1, -0.05) is 0 Å². The van der Waals surface area contributed by atoms with Gasteiger partial charge in [0.05, 0.1) is 28.8 Å². The average Bonchev–Trinajstić information content (AvgIpc) is 2.79. The lowest BCUT2D eigenvalue weighted by Crippen LogP contribution is -2.15. The van der Waals surface area contributed by atoms with Crippen LogP contribution >= 0.6 is 0 Å². The third kappa shape index (κ3) is 4.64. The first-order valence-corrected chi connectivity index (χ1v) is 9.77. The summed E-state index contributed by atoms with van der Waals surface area (Å²) in [6.07, 6.45) is 4.83. The number of rotatable bonds is 5. The van der Waals surface area contributed by atoms with Gasteiger partial charge in [0.1, 0.15) is 22.8 Å². The maximum absolute atomic E-state index is 12.5. The second-order valence-corrected chi connectivity index (χ2v) is 6.69. The molecular formula is C23H17N3O7. The number of nitrogens with one attached hydrogen (secondary N) is 1. The van der Waals surface area contributed by atoms with Gasteiger partial charge in [0.2, 0.25) is 0 Å². The summed E-state index contributed by atoms with van der Waals surface area (Å²) in [5, 5.41) is 13.5. The molecule has 0 unspecified atom stereocenters. The van der Waals surface area contributed by atoms with Crippen LogP contribution in [-0.4, -0.2) is 33.7 Å². The first kappa shape index (κ1) is 21.5. The maximum Gasteiger partial charge on any atom is 0.411 e. The van der Waals surface area contributed by atoms with Crippen LogP contribution in [0.5, 0.6) is 11.5 Å². The standard InChI is InChI=1S/C23H17N3O7/c1-2-31-23(30)26-16-8-14(32-22(29)13-4-3-6-24-11-13)9-18(28)21(16)20-10-17(27)15-12-25-7-5-19(15)33-20/h3-12,28H,2H2,1H3,(H,26,30). The van der Waals surface area contributed by atoms with Crippen LogP contribution in [0.4, 0.5) is 10.5 Å². The lowest BCUT2D eigenvalue weighted by molar-refractivity contribution is 0.0734. The van der Waals surface area contributed by atoms with Crippen molar-refractivity contribution in [2.75, 3.05) is 11.9 Å². The summed E-state index contributed by atoms with van der Waals surface area (Å²) in [5.74, 6) is -1.21. The van der Waals surface area contributed by atoms with Crippen LogP contribution in [0.2, 0.25) is 0 Å². The number of phenolic OH excluding ortho intramolecular Hbond substituents is 1. The number of ether oxygens (including phenoxy) is 2. The Morgan fingerprint density at radius 3 is 2.70 bits per heavy atom. The Morgan fingerprint density at radius 2 is 1.94 bits per heavy atom. The second kappa shape index (κ2) is 9.18. The number of nitrogens with zero attached hydrogens (tertiary/aromatic N) is 2. The lowest BCUT2D eigenvalue weighted by Gasteiger charge is -2.15. The topological polar surface area (TPSA) is 141 Å². The van der Waals surface area contributed by atoms with E-state index in [1.54, 1.807) is 13.0 Å². The molecule has 0 fully saturated rings. The van der Waals surface area contributed by atoms with E-state index in [1.165, 1.54) is 43.0 Å². The quantitative estimate of drug-likeness (QED) is 0.346. The van der Waals surface area contributed by atoms with Gasteiger partial charge < -0.3 is 19.0 Å². The number of hydrogen-bond acceptors (Lipinski definition) is 9. The van der Waals surface area contributed by atoms with Crippen molar-refractivity contribution in [3.8, 4) is 22.8 Å². The number of hydrogen-bond donors (Lipinski definition) is 2. The van der Waals surface area contributed by atoms with E-state index >= 15 is 0 Å². The van der Waals surface area contributed by atoms with Crippen molar-refractivity contribution in [1.82, 2.24) is 9.97 Å². The zero-order valence-electron chi connectivity index (χ0n) is 17.3. The fraction of sp³-hybridized carbons (Fsp3) is 0.0870. The molecule has 1 amide bonds. The molecule has 0 bridgehead atoms. The van der Waals surface area contributed by atoms with Crippen LogP contribution in [0.25, 0.3) is 22.3 Å². The van der Waals surface area contributed by atoms with Gasteiger partial charge >= 0.3 is 12.1 Å². The van der Waals surface area contributed by atoms with Gasteiger partial charge in [0.25, 0.3) is 0 Å². The summed E-state index contributed by atoms with van der Waals surface area (Å²) < 4.78 is 16.0.